The Morgan fingerprint density at radius 1 is 0.485 bits per heavy atom. The molecule has 2 fully saturated rings. The molecule has 6 aromatic rings. The van der Waals surface area contributed by atoms with Crippen molar-refractivity contribution < 1.29 is 0 Å². The number of aromatic nitrogens is 6. The van der Waals surface area contributed by atoms with Gasteiger partial charge in [0.25, 0.3) is 0 Å². The summed E-state index contributed by atoms with van der Waals surface area (Å²) >= 11 is 0. The molecule has 0 bridgehead atoms. The Balaban J connectivity index is 0.680. The zero-order valence-corrected chi connectivity index (χ0v) is 40.5. The Hall–Kier alpha value is -5.20. The number of nitrogens with zero attached hydrogens (tertiary/aromatic N) is 10. The van der Waals surface area contributed by atoms with Crippen LogP contribution in [0.25, 0.3) is 43.9 Å². The first kappa shape index (κ1) is 47.3. The van der Waals surface area contributed by atoms with Crippen LogP contribution in [-0.2, 0) is 25.9 Å². The minimum absolute atomic E-state index is 0.541. The number of nitrogen functional groups attached to an aromatic ring is 2. The quantitative estimate of drug-likeness (QED) is 0.0537. The molecule has 12 heteroatoms. The van der Waals surface area contributed by atoms with Gasteiger partial charge in [-0.25, -0.2) is 19.9 Å². The number of unbranched alkanes of at least 4 members (excludes halogenated alkanes) is 7. The number of piperazine rings is 2. The van der Waals surface area contributed by atoms with E-state index in [0.717, 1.165) is 185 Å². The van der Waals surface area contributed by atoms with Gasteiger partial charge in [-0.3, -0.25) is 9.80 Å². The highest BCUT2D eigenvalue weighted by Crippen LogP contribution is 2.32. The van der Waals surface area contributed by atoms with E-state index in [2.05, 4.69) is 102 Å². The number of para-hydroxylation sites is 2. The summed E-state index contributed by atoms with van der Waals surface area (Å²) in [7, 11) is 0. The van der Waals surface area contributed by atoms with Crippen LogP contribution in [0, 0.1) is 0 Å². The molecule has 0 saturated carbocycles. The van der Waals surface area contributed by atoms with Crippen molar-refractivity contribution in [3.63, 3.8) is 0 Å². The van der Waals surface area contributed by atoms with E-state index < -0.39 is 0 Å². The van der Waals surface area contributed by atoms with Crippen LogP contribution in [0.15, 0.2) is 73.1 Å². The second-order valence-corrected chi connectivity index (χ2v) is 19.1. The van der Waals surface area contributed by atoms with E-state index in [9.17, 15) is 0 Å². The highest BCUT2D eigenvalue weighted by atomic mass is 15.3. The third kappa shape index (κ3) is 11.3. The zero-order chi connectivity index (χ0) is 45.8. The van der Waals surface area contributed by atoms with Crippen LogP contribution < -0.4 is 11.5 Å². The van der Waals surface area contributed by atoms with Crippen LogP contribution in [0.3, 0.4) is 0 Å². The molecule has 2 aliphatic heterocycles. The lowest BCUT2D eigenvalue weighted by Crippen LogP contribution is -2.46. The van der Waals surface area contributed by atoms with E-state index in [1.165, 1.54) is 63.0 Å². The Morgan fingerprint density at radius 3 is 1.29 bits per heavy atom. The monoisotopic (exact) mass is 895 g/mol. The van der Waals surface area contributed by atoms with E-state index in [4.69, 9.17) is 21.4 Å². The molecule has 0 aliphatic carbocycles. The van der Waals surface area contributed by atoms with Crippen molar-refractivity contribution in [1.29, 1.82) is 0 Å². The van der Waals surface area contributed by atoms with Gasteiger partial charge in [0.15, 0.2) is 11.6 Å². The molecular formula is C54H78N12. The third-order valence-electron chi connectivity index (χ3n) is 14.4. The number of pyridine rings is 2. The van der Waals surface area contributed by atoms with Crippen molar-refractivity contribution in [2.75, 3.05) is 76.9 Å². The third-order valence-corrected chi connectivity index (χ3v) is 14.4. The molecule has 2 aliphatic rings. The predicted molar refractivity (Wildman–Crippen MR) is 277 cm³/mol. The van der Waals surface area contributed by atoms with Gasteiger partial charge in [0.05, 0.1) is 22.1 Å². The molecule has 8 rings (SSSR count). The lowest BCUT2D eigenvalue weighted by molar-refractivity contribution is 0.151. The number of allylic oxidation sites excluding steroid dienone is 2. The second-order valence-electron chi connectivity index (χ2n) is 19.1. The van der Waals surface area contributed by atoms with Crippen molar-refractivity contribution >= 4 is 55.5 Å². The van der Waals surface area contributed by atoms with E-state index in [-0.39, 0.29) is 0 Å². The van der Waals surface area contributed by atoms with Crippen molar-refractivity contribution in [2.45, 2.75) is 130 Å². The first-order valence-corrected chi connectivity index (χ1v) is 25.7. The molecule has 0 radical (unpaired) electrons. The number of imidazole rings is 2. The van der Waals surface area contributed by atoms with Crippen LogP contribution in [0.1, 0.15) is 115 Å². The Kier molecular flexibility index (Phi) is 16.5. The van der Waals surface area contributed by atoms with Gasteiger partial charge in [-0.15, -0.1) is 0 Å². The average molecular weight is 895 g/mol. The standard InChI is InChI=1S/C54H78N12/c1-5-7-27-47-59-49-51(43-23-13-15-25-45(43)57-53(49)55)65(47)31-19-9-17-29-61-33-37-63(38-34-61)41(3)21-11-12-22-42(4)64-39-35-62(36-40-64)30-18-10-20-32-66-48(28-8-6-2)60-50-52(66)44-24-14-16-26-46(44)58-54(50)56/h13-16,23-26H,3-12,17-22,27-40H2,1-2H3,(H2,55,57)(H2,56,58). The fourth-order valence-electron chi connectivity index (χ4n) is 10.5. The molecule has 0 spiro atoms. The number of fused-ring (bicyclic) bond motifs is 6. The van der Waals surface area contributed by atoms with Gasteiger partial charge in [0.1, 0.15) is 22.7 Å². The van der Waals surface area contributed by atoms with E-state index in [0.29, 0.717) is 11.6 Å². The molecule has 0 unspecified atom stereocenters. The Labute approximate surface area is 394 Å². The van der Waals surface area contributed by atoms with Gasteiger partial charge in [-0.05, 0) is 89.4 Å². The summed E-state index contributed by atoms with van der Waals surface area (Å²) in [5.41, 5.74) is 21.4. The summed E-state index contributed by atoms with van der Waals surface area (Å²) in [4.78, 5) is 29.8. The number of anilines is 2. The summed E-state index contributed by atoms with van der Waals surface area (Å²) in [6.45, 7) is 26.7. The molecule has 66 heavy (non-hydrogen) atoms. The lowest BCUT2D eigenvalue weighted by Gasteiger charge is -2.37. The molecular weight excluding hydrogens is 817 g/mol. The summed E-state index contributed by atoms with van der Waals surface area (Å²) < 4.78 is 4.89. The summed E-state index contributed by atoms with van der Waals surface area (Å²) in [6.07, 6.45) is 18.2. The molecule has 2 aromatic carbocycles. The van der Waals surface area contributed by atoms with Gasteiger partial charge in [0.2, 0.25) is 0 Å². The number of hydrogen-bond donors (Lipinski definition) is 2. The average Bonchev–Trinajstić information content (AvgIpc) is 3.90. The SMILES string of the molecule is C=C(CCCCC(=C)N1CCN(CCCCCn2c(CCCC)nc3c(N)nc4ccccc4c32)CC1)N1CCN(CCCCCn2c(CCCC)nc3c(N)nc4ccccc4c32)CC1. The maximum absolute atomic E-state index is 6.43. The van der Waals surface area contributed by atoms with E-state index in [1.807, 2.05) is 12.1 Å². The van der Waals surface area contributed by atoms with Crippen molar-refractivity contribution in [1.82, 2.24) is 48.7 Å². The zero-order valence-electron chi connectivity index (χ0n) is 40.5. The largest absolute Gasteiger partial charge is 0.382 e. The number of nitrogens with two attached hydrogens (primary N) is 2. The van der Waals surface area contributed by atoms with Crippen molar-refractivity contribution in [3.8, 4) is 0 Å². The van der Waals surface area contributed by atoms with Gasteiger partial charge >= 0.3 is 0 Å². The molecule has 4 N–H and O–H groups in total. The normalized spacial score (nSPS) is 15.3. The van der Waals surface area contributed by atoms with Crippen molar-refractivity contribution in [2.24, 2.45) is 0 Å². The molecule has 0 amide bonds. The van der Waals surface area contributed by atoms with Crippen LogP contribution >= 0.6 is 0 Å². The van der Waals surface area contributed by atoms with Crippen LogP contribution in [0.5, 0.6) is 0 Å². The number of aryl methyl sites for hydroxylation is 4. The molecule has 0 atom stereocenters. The topological polar surface area (TPSA) is 126 Å². The molecule has 6 heterocycles. The van der Waals surface area contributed by atoms with E-state index >= 15 is 0 Å². The fraction of sp³-hybridized carbons (Fsp3) is 0.556. The summed E-state index contributed by atoms with van der Waals surface area (Å²) in [6, 6.07) is 16.7. The molecule has 4 aromatic heterocycles. The predicted octanol–water partition coefficient (Wildman–Crippen LogP) is 10.2. The van der Waals surface area contributed by atoms with Crippen LogP contribution in [0.4, 0.5) is 11.6 Å². The van der Waals surface area contributed by atoms with Gasteiger partial charge in [-0.2, -0.15) is 0 Å². The Morgan fingerprint density at radius 2 is 0.879 bits per heavy atom. The number of benzene rings is 2. The highest BCUT2D eigenvalue weighted by Gasteiger charge is 2.22. The maximum atomic E-state index is 6.43. The van der Waals surface area contributed by atoms with Crippen LogP contribution in [-0.4, -0.2) is 114 Å². The van der Waals surface area contributed by atoms with Gasteiger partial charge in [0, 0.05) is 100 Å². The van der Waals surface area contributed by atoms with Gasteiger partial charge < -0.3 is 30.4 Å². The van der Waals surface area contributed by atoms with Gasteiger partial charge in [-0.1, -0.05) is 89.1 Å². The Bertz CT molecular complexity index is 2360. The smallest absolute Gasteiger partial charge is 0.152 e. The lowest BCUT2D eigenvalue weighted by atomic mass is 10.1. The maximum Gasteiger partial charge on any atom is 0.152 e. The number of rotatable bonds is 25. The highest BCUT2D eigenvalue weighted by molar-refractivity contribution is 6.07. The molecule has 12 nitrogen and oxygen atoms in total. The summed E-state index contributed by atoms with van der Waals surface area (Å²) in [5, 5.41) is 2.30. The number of hydrogen-bond acceptors (Lipinski definition) is 10. The minimum atomic E-state index is 0.541. The van der Waals surface area contributed by atoms with Crippen molar-refractivity contribution in [3.05, 3.63) is 84.7 Å². The first-order chi connectivity index (χ1) is 32.3. The van der Waals surface area contributed by atoms with E-state index in [1.54, 1.807) is 0 Å². The second kappa shape index (κ2) is 23.0. The summed E-state index contributed by atoms with van der Waals surface area (Å²) in [5.74, 6) is 3.38. The van der Waals surface area contributed by atoms with Crippen LogP contribution in [0.2, 0.25) is 0 Å². The first-order valence-electron chi connectivity index (χ1n) is 25.7. The molecule has 354 valence electrons. The molecule has 2 saturated heterocycles. The fourth-order valence-corrected chi connectivity index (χ4v) is 10.5. The minimum Gasteiger partial charge on any atom is -0.382 e.